The second-order valence-corrected chi connectivity index (χ2v) is 3.48. The molecule has 0 aromatic heterocycles. The largest absolute Gasteiger partial charge is 0.207 e. The molecule has 1 unspecified atom stereocenters. The maximum Gasteiger partial charge on any atom is 0.123 e. The molecule has 0 saturated heterocycles. The normalized spacial score (nSPS) is 12.4. The van der Waals surface area contributed by atoms with Crippen LogP contribution in [0.2, 0.25) is 0 Å². The van der Waals surface area contributed by atoms with Gasteiger partial charge in [0.25, 0.3) is 0 Å². The highest BCUT2D eigenvalue weighted by Crippen LogP contribution is 2.07. The molecule has 78 valence electrons. The number of azide groups is 1. The predicted molar refractivity (Wildman–Crippen MR) is 62.2 cm³/mol. The lowest BCUT2D eigenvalue weighted by Crippen LogP contribution is -1.98. The molecule has 0 heterocycles. The summed E-state index contributed by atoms with van der Waals surface area (Å²) >= 11 is 3.23. The zero-order chi connectivity index (χ0) is 11.1. The summed E-state index contributed by atoms with van der Waals surface area (Å²) in [4.78, 5) is 2.72. The Morgan fingerprint density at radius 1 is 1.47 bits per heavy atom. The zero-order valence-electron chi connectivity index (χ0n) is 7.85. The van der Waals surface area contributed by atoms with Gasteiger partial charge >= 0.3 is 0 Å². The number of rotatable bonds is 4. The van der Waals surface area contributed by atoms with Crippen LogP contribution in [0.3, 0.4) is 0 Å². The molecule has 0 spiro atoms. The number of alkyl halides is 1. The minimum Gasteiger partial charge on any atom is -0.207 e. The second-order valence-electron chi connectivity index (χ2n) is 2.84. The van der Waals surface area contributed by atoms with Crippen molar-refractivity contribution in [3.63, 3.8) is 0 Å². The summed E-state index contributed by atoms with van der Waals surface area (Å²) < 4.78 is 12.6. The van der Waals surface area contributed by atoms with Crippen molar-refractivity contribution in [3.8, 4) is 0 Å². The van der Waals surface area contributed by atoms with Crippen LogP contribution in [-0.4, -0.2) is 11.4 Å². The van der Waals surface area contributed by atoms with Crippen molar-refractivity contribution in [1.29, 1.82) is 0 Å². The highest BCUT2D eigenvalue weighted by atomic mass is 79.9. The molecule has 0 N–H and O–H groups in total. The van der Waals surface area contributed by atoms with Gasteiger partial charge in [-0.3, -0.25) is 0 Å². The summed E-state index contributed by atoms with van der Waals surface area (Å²) in [7, 11) is 0. The highest BCUT2D eigenvalue weighted by molar-refractivity contribution is 9.09. The molecule has 0 aliphatic carbocycles. The Morgan fingerprint density at radius 2 is 2.13 bits per heavy atom. The maximum atomic E-state index is 12.6. The van der Waals surface area contributed by atoms with Crippen LogP contribution in [-0.2, 0) is 0 Å². The number of nitrogens with zero attached hydrogens (tertiary/aromatic N) is 3. The first-order chi connectivity index (χ1) is 7.26. The Bertz CT molecular complexity index is 382. The van der Waals surface area contributed by atoms with E-state index in [0.717, 1.165) is 5.56 Å². The van der Waals surface area contributed by atoms with Gasteiger partial charge in [0.05, 0.1) is 6.04 Å². The molecule has 1 aromatic rings. The summed E-state index contributed by atoms with van der Waals surface area (Å²) in [6.07, 6.45) is 3.56. The van der Waals surface area contributed by atoms with E-state index >= 15 is 0 Å². The van der Waals surface area contributed by atoms with Crippen LogP contribution in [0, 0.1) is 5.82 Å². The van der Waals surface area contributed by atoms with Gasteiger partial charge in [-0.15, -0.1) is 0 Å². The molecule has 1 aromatic carbocycles. The lowest BCUT2D eigenvalue weighted by Gasteiger charge is -1.98. The third-order valence-electron chi connectivity index (χ3n) is 1.74. The van der Waals surface area contributed by atoms with Gasteiger partial charge in [-0.1, -0.05) is 45.3 Å². The van der Waals surface area contributed by atoms with Crippen LogP contribution in [0.5, 0.6) is 0 Å². The fourth-order valence-corrected chi connectivity index (χ4v) is 1.33. The summed E-state index contributed by atoms with van der Waals surface area (Å²) in [5.74, 6) is -0.265. The van der Waals surface area contributed by atoms with Crippen molar-refractivity contribution >= 4 is 22.0 Å². The van der Waals surface area contributed by atoms with E-state index in [2.05, 4.69) is 26.0 Å². The van der Waals surface area contributed by atoms with Crippen LogP contribution in [0.25, 0.3) is 16.5 Å². The summed E-state index contributed by atoms with van der Waals surface area (Å²) in [5.41, 5.74) is 9.13. The van der Waals surface area contributed by atoms with Gasteiger partial charge < -0.3 is 0 Å². The second kappa shape index (κ2) is 6.22. The van der Waals surface area contributed by atoms with Gasteiger partial charge in [-0.2, -0.15) is 0 Å². The first-order valence-corrected chi connectivity index (χ1v) is 5.42. The van der Waals surface area contributed by atoms with Crippen molar-refractivity contribution in [3.05, 3.63) is 52.2 Å². The smallest absolute Gasteiger partial charge is 0.123 e. The minimum absolute atomic E-state index is 0.222. The molecule has 0 amide bonds. The van der Waals surface area contributed by atoms with Gasteiger partial charge in [-0.25, -0.2) is 4.39 Å². The first kappa shape index (κ1) is 11.8. The molecule has 0 aliphatic heterocycles. The number of halogens is 2. The molecule has 0 radical (unpaired) electrons. The molecule has 0 bridgehead atoms. The lowest BCUT2D eigenvalue weighted by molar-refractivity contribution is 0.628. The molecule has 3 nitrogen and oxygen atoms in total. The van der Waals surface area contributed by atoms with E-state index in [-0.39, 0.29) is 11.9 Å². The van der Waals surface area contributed by atoms with E-state index < -0.39 is 0 Å². The number of benzene rings is 1. The lowest BCUT2D eigenvalue weighted by atomic mass is 10.2. The average molecular weight is 270 g/mol. The van der Waals surface area contributed by atoms with Crippen molar-refractivity contribution in [2.45, 2.75) is 6.04 Å². The fourth-order valence-electron chi connectivity index (χ4n) is 0.983. The van der Waals surface area contributed by atoms with E-state index in [1.807, 2.05) is 0 Å². The first-order valence-electron chi connectivity index (χ1n) is 4.30. The van der Waals surface area contributed by atoms with E-state index in [1.165, 1.54) is 12.1 Å². The van der Waals surface area contributed by atoms with Crippen LogP contribution < -0.4 is 0 Å². The van der Waals surface area contributed by atoms with E-state index in [1.54, 1.807) is 24.3 Å². The summed E-state index contributed by atoms with van der Waals surface area (Å²) in [5, 5.41) is 4.11. The van der Waals surface area contributed by atoms with Gasteiger partial charge in [0.2, 0.25) is 0 Å². The van der Waals surface area contributed by atoms with Gasteiger partial charge in [-0.05, 0) is 23.2 Å². The van der Waals surface area contributed by atoms with E-state index in [4.69, 9.17) is 5.53 Å². The summed E-state index contributed by atoms with van der Waals surface area (Å²) in [6.45, 7) is 0. The minimum atomic E-state index is -0.265. The maximum absolute atomic E-state index is 12.6. The molecule has 15 heavy (non-hydrogen) atoms. The van der Waals surface area contributed by atoms with Crippen molar-refractivity contribution in [1.82, 2.24) is 0 Å². The third-order valence-corrected chi connectivity index (χ3v) is 2.40. The quantitative estimate of drug-likeness (QED) is 0.344. The van der Waals surface area contributed by atoms with Gasteiger partial charge in [0.1, 0.15) is 5.82 Å². The Balaban J connectivity index is 2.71. The monoisotopic (exact) mass is 269 g/mol. The zero-order valence-corrected chi connectivity index (χ0v) is 9.43. The van der Waals surface area contributed by atoms with Crippen LogP contribution in [0.1, 0.15) is 5.56 Å². The molecule has 5 heteroatoms. The Morgan fingerprint density at radius 3 is 2.67 bits per heavy atom. The van der Waals surface area contributed by atoms with Crippen LogP contribution in [0.15, 0.2) is 35.5 Å². The predicted octanol–water partition coefficient (Wildman–Crippen LogP) is 3.91. The van der Waals surface area contributed by atoms with Crippen LogP contribution >= 0.6 is 15.9 Å². The Hall–Kier alpha value is -1.32. The Kier molecular flexibility index (Phi) is 4.87. The highest BCUT2D eigenvalue weighted by Gasteiger charge is 1.97. The van der Waals surface area contributed by atoms with Gasteiger partial charge in [0, 0.05) is 10.2 Å². The Labute approximate surface area is 95.4 Å². The van der Waals surface area contributed by atoms with Crippen LogP contribution in [0.4, 0.5) is 4.39 Å². The molecule has 1 atom stereocenters. The summed E-state index contributed by atoms with van der Waals surface area (Å²) in [6, 6.07) is 5.87. The molecule has 1 rings (SSSR count). The molecular weight excluding hydrogens is 261 g/mol. The topological polar surface area (TPSA) is 48.8 Å². The SMILES string of the molecule is [N-]=[N+]=NC(C=Cc1ccc(F)cc1)CBr. The van der Waals surface area contributed by atoms with Crippen molar-refractivity contribution in [2.24, 2.45) is 5.11 Å². The molecule has 0 fully saturated rings. The number of hydrogen-bond acceptors (Lipinski definition) is 1. The standard InChI is InChI=1S/C10H9BrFN3/c11-7-10(14-15-13)6-3-8-1-4-9(12)5-2-8/h1-6,10H,7H2. The van der Waals surface area contributed by atoms with Crippen molar-refractivity contribution < 1.29 is 4.39 Å². The molecular formula is C10H9BrFN3. The third kappa shape index (κ3) is 4.14. The van der Waals surface area contributed by atoms with Gasteiger partial charge in [0.15, 0.2) is 0 Å². The van der Waals surface area contributed by atoms with Crippen molar-refractivity contribution in [2.75, 3.05) is 5.33 Å². The molecule has 0 aliphatic rings. The fraction of sp³-hybridized carbons (Fsp3) is 0.200. The molecule has 0 saturated carbocycles. The number of hydrogen-bond donors (Lipinski definition) is 0. The van der Waals surface area contributed by atoms with E-state index in [0.29, 0.717) is 5.33 Å². The average Bonchev–Trinajstić information content (AvgIpc) is 2.26. The van der Waals surface area contributed by atoms with E-state index in [9.17, 15) is 4.39 Å².